The van der Waals surface area contributed by atoms with E-state index in [0.29, 0.717) is 34.1 Å². The molecule has 0 saturated carbocycles. The van der Waals surface area contributed by atoms with Crippen molar-refractivity contribution < 1.29 is 28.5 Å². The number of amides is 2. The molecule has 3 rings (SSSR count). The van der Waals surface area contributed by atoms with Crippen molar-refractivity contribution in [2.24, 2.45) is 0 Å². The molecular weight excluding hydrogens is 444 g/mol. The lowest BCUT2D eigenvalue weighted by Crippen LogP contribution is -2.50. The summed E-state index contributed by atoms with van der Waals surface area (Å²) in [5.41, 5.74) is 5.01. The van der Waals surface area contributed by atoms with Gasteiger partial charge in [0.05, 0.1) is 18.2 Å². The van der Waals surface area contributed by atoms with Gasteiger partial charge in [0.2, 0.25) is 6.10 Å². The number of benzene rings is 2. The van der Waals surface area contributed by atoms with Gasteiger partial charge in [-0.15, -0.1) is 0 Å². The largest absolute Gasteiger partial charge is 0.493 e. The average molecular weight is 465 g/mol. The van der Waals surface area contributed by atoms with Gasteiger partial charge in [-0.05, 0) is 46.6 Å². The number of carbonyl (C=O) groups is 2. The summed E-state index contributed by atoms with van der Waals surface area (Å²) in [5.74, 6) is 0.925. The van der Waals surface area contributed by atoms with Crippen LogP contribution in [0, 0.1) is 0 Å². The summed E-state index contributed by atoms with van der Waals surface area (Å²) in [4.78, 5) is 24.8. The maximum absolute atomic E-state index is 12.5. The summed E-state index contributed by atoms with van der Waals surface area (Å²) < 4.78 is 22.6. The third-order valence-electron chi connectivity index (χ3n) is 4.04. The van der Waals surface area contributed by atoms with Crippen LogP contribution >= 0.6 is 15.9 Å². The van der Waals surface area contributed by atoms with E-state index in [1.165, 1.54) is 13.2 Å². The molecule has 2 amide bonds. The maximum Gasteiger partial charge on any atom is 0.283 e. The zero-order chi connectivity index (χ0) is 20.8. The molecule has 29 heavy (non-hydrogen) atoms. The number of ether oxygens (including phenoxy) is 4. The Morgan fingerprint density at radius 2 is 1.97 bits per heavy atom. The minimum absolute atomic E-state index is 0.0432. The number of halogens is 1. The fraction of sp³-hybridized carbons (Fsp3) is 0.300. The molecule has 154 valence electrons. The third kappa shape index (κ3) is 4.92. The molecule has 1 heterocycles. The molecule has 0 bridgehead atoms. The summed E-state index contributed by atoms with van der Waals surface area (Å²) in [6.07, 6.45) is -0.0438. The molecule has 0 spiro atoms. The van der Waals surface area contributed by atoms with Gasteiger partial charge < -0.3 is 18.9 Å². The first-order valence-electron chi connectivity index (χ1n) is 9.02. The molecule has 0 radical (unpaired) electrons. The molecule has 2 N–H and O–H groups in total. The Morgan fingerprint density at radius 3 is 2.69 bits per heavy atom. The van der Waals surface area contributed by atoms with Crippen LogP contribution in [-0.4, -0.2) is 38.2 Å². The number of hydrogen-bond acceptors (Lipinski definition) is 6. The summed E-state index contributed by atoms with van der Waals surface area (Å²) in [6, 6.07) is 10.2. The Balaban J connectivity index is 1.62. The lowest BCUT2D eigenvalue weighted by atomic mass is 10.2. The van der Waals surface area contributed by atoms with Gasteiger partial charge in [0, 0.05) is 5.56 Å². The highest BCUT2D eigenvalue weighted by molar-refractivity contribution is 9.10. The van der Waals surface area contributed by atoms with Crippen molar-refractivity contribution in [2.45, 2.75) is 19.4 Å². The fourth-order valence-electron chi connectivity index (χ4n) is 2.61. The van der Waals surface area contributed by atoms with Gasteiger partial charge in [-0.3, -0.25) is 20.4 Å². The molecular formula is C20H21BrN2O6. The van der Waals surface area contributed by atoms with E-state index >= 15 is 0 Å². The molecule has 1 atom stereocenters. The molecule has 2 aromatic carbocycles. The SMILES string of the molecule is CCCOc1c(Br)cc(C(=O)NNC(=O)C2COc3ccccc3O2)cc1OC. The molecule has 0 aromatic heterocycles. The smallest absolute Gasteiger partial charge is 0.283 e. The van der Waals surface area contributed by atoms with Crippen molar-refractivity contribution in [1.29, 1.82) is 0 Å². The third-order valence-corrected chi connectivity index (χ3v) is 4.63. The number of para-hydroxylation sites is 2. The number of hydrogen-bond donors (Lipinski definition) is 2. The number of rotatable bonds is 6. The van der Waals surface area contributed by atoms with Gasteiger partial charge in [-0.1, -0.05) is 19.1 Å². The van der Waals surface area contributed by atoms with Crippen LogP contribution in [0.15, 0.2) is 40.9 Å². The van der Waals surface area contributed by atoms with Gasteiger partial charge in [0.25, 0.3) is 11.8 Å². The number of nitrogens with one attached hydrogen (secondary N) is 2. The quantitative estimate of drug-likeness (QED) is 0.638. The van der Waals surface area contributed by atoms with Crippen LogP contribution in [0.5, 0.6) is 23.0 Å². The van der Waals surface area contributed by atoms with Crippen LogP contribution in [0.1, 0.15) is 23.7 Å². The highest BCUT2D eigenvalue weighted by Crippen LogP contribution is 2.36. The highest BCUT2D eigenvalue weighted by atomic mass is 79.9. The van der Waals surface area contributed by atoms with Crippen LogP contribution in [-0.2, 0) is 4.79 Å². The van der Waals surface area contributed by atoms with Crippen molar-refractivity contribution in [1.82, 2.24) is 10.9 Å². The van der Waals surface area contributed by atoms with Crippen molar-refractivity contribution >= 4 is 27.7 Å². The second-order valence-corrected chi connectivity index (χ2v) is 7.00. The zero-order valence-electron chi connectivity index (χ0n) is 16.0. The summed E-state index contributed by atoms with van der Waals surface area (Å²) >= 11 is 3.39. The van der Waals surface area contributed by atoms with Crippen LogP contribution in [0.25, 0.3) is 0 Å². The standard InChI is InChI=1S/C20H21BrN2O6/c1-3-8-27-18-13(21)9-12(10-16(18)26-2)19(24)22-23-20(25)17-11-28-14-6-4-5-7-15(14)29-17/h4-7,9-10,17H,3,8,11H2,1-2H3,(H,22,24)(H,23,25). The molecule has 1 aliphatic heterocycles. The van der Waals surface area contributed by atoms with E-state index in [2.05, 4.69) is 26.8 Å². The minimum Gasteiger partial charge on any atom is -0.493 e. The van der Waals surface area contributed by atoms with E-state index in [9.17, 15) is 9.59 Å². The molecule has 0 saturated heterocycles. The molecule has 1 unspecified atom stereocenters. The number of methoxy groups -OCH3 is 1. The normalized spacial score (nSPS) is 14.7. The van der Waals surface area contributed by atoms with Crippen LogP contribution in [0.4, 0.5) is 0 Å². The van der Waals surface area contributed by atoms with E-state index in [1.807, 2.05) is 13.0 Å². The van der Waals surface area contributed by atoms with E-state index in [1.54, 1.807) is 24.3 Å². The molecule has 1 aliphatic rings. The van der Waals surface area contributed by atoms with Gasteiger partial charge in [0.15, 0.2) is 23.0 Å². The number of carbonyl (C=O) groups excluding carboxylic acids is 2. The van der Waals surface area contributed by atoms with E-state index in [0.717, 1.165) is 6.42 Å². The topological polar surface area (TPSA) is 95.1 Å². The fourth-order valence-corrected chi connectivity index (χ4v) is 3.17. The van der Waals surface area contributed by atoms with E-state index in [-0.39, 0.29) is 12.2 Å². The number of hydrazine groups is 1. The zero-order valence-corrected chi connectivity index (χ0v) is 17.6. The highest BCUT2D eigenvalue weighted by Gasteiger charge is 2.27. The maximum atomic E-state index is 12.5. The van der Waals surface area contributed by atoms with Crippen molar-refractivity contribution in [3.8, 4) is 23.0 Å². The Bertz CT molecular complexity index is 905. The monoisotopic (exact) mass is 464 g/mol. The average Bonchev–Trinajstić information content (AvgIpc) is 2.75. The first-order chi connectivity index (χ1) is 14.0. The van der Waals surface area contributed by atoms with Crippen LogP contribution < -0.4 is 29.8 Å². The Morgan fingerprint density at radius 1 is 1.21 bits per heavy atom. The lowest BCUT2D eigenvalue weighted by molar-refractivity contribution is -0.131. The Kier molecular flexibility index (Phi) is 6.82. The molecule has 0 aliphatic carbocycles. The second kappa shape index (κ2) is 9.51. The van der Waals surface area contributed by atoms with Gasteiger partial charge >= 0.3 is 0 Å². The number of fused-ring (bicyclic) bond motifs is 1. The minimum atomic E-state index is -0.878. The molecule has 0 fully saturated rings. The van der Waals surface area contributed by atoms with Crippen molar-refractivity contribution in [3.05, 3.63) is 46.4 Å². The van der Waals surface area contributed by atoms with Crippen molar-refractivity contribution in [3.63, 3.8) is 0 Å². The summed E-state index contributed by atoms with van der Waals surface area (Å²) in [7, 11) is 1.49. The predicted molar refractivity (Wildman–Crippen MR) is 108 cm³/mol. The molecule has 9 heteroatoms. The second-order valence-electron chi connectivity index (χ2n) is 6.15. The van der Waals surface area contributed by atoms with Crippen LogP contribution in [0.3, 0.4) is 0 Å². The van der Waals surface area contributed by atoms with E-state index in [4.69, 9.17) is 18.9 Å². The first kappa shape index (κ1) is 20.8. The van der Waals surface area contributed by atoms with Gasteiger partial charge in [-0.25, -0.2) is 0 Å². The van der Waals surface area contributed by atoms with E-state index < -0.39 is 17.9 Å². The van der Waals surface area contributed by atoms with Gasteiger partial charge in [-0.2, -0.15) is 0 Å². The summed E-state index contributed by atoms with van der Waals surface area (Å²) in [6.45, 7) is 2.55. The van der Waals surface area contributed by atoms with Gasteiger partial charge in [0.1, 0.15) is 6.61 Å². The van der Waals surface area contributed by atoms with Crippen LogP contribution in [0.2, 0.25) is 0 Å². The Hall–Kier alpha value is -2.94. The molecule has 8 nitrogen and oxygen atoms in total. The summed E-state index contributed by atoms with van der Waals surface area (Å²) in [5, 5.41) is 0. The van der Waals surface area contributed by atoms with Crippen molar-refractivity contribution in [2.75, 3.05) is 20.3 Å². The predicted octanol–water partition coefficient (Wildman–Crippen LogP) is 2.85. The lowest BCUT2D eigenvalue weighted by Gasteiger charge is -2.25. The Labute approximate surface area is 176 Å². The first-order valence-corrected chi connectivity index (χ1v) is 9.81. The molecule has 2 aromatic rings.